The van der Waals surface area contributed by atoms with E-state index in [1.807, 2.05) is 24.3 Å². The van der Waals surface area contributed by atoms with Gasteiger partial charge in [-0.3, -0.25) is 9.78 Å². The van der Waals surface area contributed by atoms with Gasteiger partial charge in [-0.2, -0.15) is 0 Å². The molecule has 248 valence electrons. The number of halogens is 3. The minimum Gasteiger partial charge on any atom is -0.453 e. The van der Waals surface area contributed by atoms with Gasteiger partial charge in [0.2, 0.25) is 5.91 Å². The van der Waals surface area contributed by atoms with Crippen molar-refractivity contribution in [1.82, 2.24) is 25.6 Å². The predicted octanol–water partition coefficient (Wildman–Crippen LogP) is 5.53. The number of imidazole rings is 1. The number of morpholine rings is 1. The summed E-state index contributed by atoms with van der Waals surface area (Å²) in [5, 5.41) is 8.71. The molecule has 6 rings (SSSR count). The summed E-state index contributed by atoms with van der Waals surface area (Å²) in [7, 11) is 1.14. The number of amides is 2. The second-order valence-corrected chi connectivity index (χ2v) is 11.4. The number of carbonyl (C=O) groups is 2. The fourth-order valence-electron chi connectivity index (χ4n) is 5.87. The highest BCUT2D eigenvalue weighted by Gasteiger charge is 2.34. The van der Waals surface area contributed by atoms with Crippen LogP contribution in [0.3, 0.4) is 0 Å². The zero-order valence-corrected chi connectivity index (χ0v) is 25.9. The number of hydrogen-bond donors (Lipinski definition) is 4. The number of methoxy groups -OCH3 is 1. The van der Waals surface area contributed by atoms with Crippen molar-refractivity contribution in [3.63, 3.8) is 0 Å². The number of carbonyl (C=O) groups excluding carboxylic acids is 2. The van der Waals surface area contributed by atoms with E-state index in [4.69, 9.17) is 9.47 Å². The van der Waals surface area contributed by atoms with Crippen LogP contribution in [-0.2, 0) is 20.7 Å². The SMILES string of the molecule is COC(=O)NC(C(=O)Nc1cncc(F)c1CC[C@@H]1CN[C@H](c2nc3ccccc3[nH]2)CO1)C(c1ccc(F)cc1)c1ccc(F)cc1. The van der Waals surface area contributed by atoms with Crippen LogP contribution in [0.25, 0.3) is 11.0 Å². The number of hydrogen-bond acceptors (Lipinski definition) is 7. The Labute approximate surface area is 274 Å². The molecule has 0 spiro atoms. The van der Waals surface area contributed by atoms with Crippen molar-refractivity contribution < 1.29 is 32.2 Å². The number of pyridine rings is 1. The molecule has 1 unspecified atom stereocenters. The van der Waals surface area contributed by atoms with Crippen molar-refractivity contribution in [2.45, 2.75) is 36.9 Å². The first kappa shape index (κ1) is 32.7. The topological polar surface area (TPSA) is 130 Å². The van der Waals surface area contributed by atoms with Crippen molar-refractivity contribution in [3.05, 3.63) is 125 Å². The summed E-state index contributed by atoms with van der Waals surface area (Å²) in [6.07, 6.45) is 1.88. The number of anilines is 1. The molecule has 48 heavy (non-hydrogen) atoms. The molecule has 1 aliphatic rings. The lowest BCUT2D eigenvalue weighted by Gasteiger charge is -2.30. The summed E-state index contributed by atoms with van der Waals surface area (Å²) in [6, 6.07) is 17.0. The molecule has 1 fully saturated rings. The number of aromatic amines is 1. The van der Waals surface area contributed by atoms with E-state index in [2.05, 4.69) is 30.9 Å². The Balaban J connectivity index is 1.19. The maximum absolute atomic E-state index is 15.2. The second-order valence-electron chi connectivity index (χ2n) is 11.4. The highest BCUT2D eigenvalue weighted by molar-refractivity contribution is 5.98. The Morgan fingerprint density at radius 2 is 1.67 bits per heavy atom. The molecule has 0 saturated carbocycles. The normalized spacial score (nSPS) is 16.9. The van der Waals surface area contributed by atoms with Gasteiger partial charge in [0.15, 0.2) is 0 Å². The molecule has 10 nitrogen and oxygen atoms in total. The molecule has 3 aromatic carbocycles. The van der Waals surface area contributed by atoms with Gasteiger partial charge in [-0.05, 0) is 60.4 Å². The van der Waals surface area contributed by atoms with Gasteiger partial charge in [-0.25, -0.2) is 22.9 Å². The Bertz CT molecular complexity index is 1800. The third-order valence-electron chi connectivity index (χ3n) is 8.34. The van der Waals surface area contributed by atoms with Crippen LogP contribution in [0.4, 0.5) is 23.7 Å². The fraction of sp³-hybridized carbons (Fsp3) is 0.257. The highest BCUT2D eigenvalue weighted by Crippen LogP contribution is 2.31. The van der Waals surface area contributed by atoms with Gasteiger partial charge in [0.25, 0.3) is 0 Å². The first-order chi connectivity index (χ1) is 23.3. The number of para-hydroxylation sites is 2. The average Bonchev–Trinajstić information content (AvgIpc) is 3.54. The third-order valence-corrected chi connectivity index (χ3v) is 8.34. The number of benzene rings is 3. The molecular weight excluding hydrogens is 625 g/mol. The summed E-state index contributed by atoms with van der Waals surface area (Å²) in [5.41, 5.74) is 3.03. The number of ether oxygens (including phenoxy) is 2. The number of nitrogens with zero attached hydrogens (tertiary/aromatic N) is 2. The molecule has 3 atom stereocenters. The van der Waals surface area contributed by atoms with E-state index in [0.29, 0.717) is 30.7 Å². The molecule has 2 aromatic heterocycles. The van der Waals surface area contributed by atoms with Crippen LogP contribution in [0, 0.1) is 17.5 Å². The zero-order chi connectivity index (χ0) is 33.6. The summed E-state index contributed by atoms with van der Waals surface area (Å²) >= 11 is 0. The van der Waals surface area contributed by atoms with Gasteiger partial charge in [-0.1, -0.05) is 36.4 Å². The smallest absolute Gasteiger partial charge is 0.407 e. The molecule has 2 amide bonds. The number of H-pyrrole nitrogens is 1. The van der Waals surface area contributed by atoms with E-state index in [1.165, 1.54) is 54.7 Å². The molecule has 13 heteroatoms. The summed E-state index contributed by atoms with van der Waals surface area (Å²) in [5.74, 6) is -2.49. The van der Waals surface area contributed by atoms with Crippen LogP contribution in [0.15, 0.2) is 85.2 Å². The van der Waals surface area contributed by atoms with E-state index in [1.54, 1.807) is 0 Å². The largest absolute Gasteiger partial charge is 0.453 e. The number of rotatable bonds is 10. The Kier molecular flexibility index (Phi) is 9.97. The van der Waals surface area contributed by atoms with E-state index >= 15 is 4.39 Å². The number of nitrogens with one attached hydrogen (secondary N) is 4. The van der Waals surface area contributed by atoms with E-state index < -0.39 is 41.4 Å². The van der Waals surface area contributed by atoms with Crippen molar-refractivity contribution in [2.24, 2.45) is 0 Å². The van der Waals surface area contributed by atoms with Crippen LogP contribution >= 0.6 is 0 Å². The minimum atomic E-state index is -1.34. The molecule has 0 radical (unpaired) electrons. The van der Waals surface area contributed by atoms with E-state index in [0.717, 1.165) is 30.2 Å². The molecule has 0 aliphatic carbocycles. The molecule has 0 bridgehead atoms. The third kappa shape index (κ3) is 7.48. The molecule has 1 saturated heterocycles. The van der Waals surface area contributed by atoms with Gasteiger partial charge < -0.3 is 30.4 Å². The standard InChI is InChI=1S/C35H33F3N6O4/c1-47-35(46)44-32(31(20-6-10-22(36)11-7-20)21-8-12-23(37)13-9-21)34(45)43-29-18-39-17-26(38)25(29)15-14-24-16-40-30(19-48-24)33-41-27-4-2-3-5-28(27)42-33/h2-13,17-18,24,30-32,40H,14-16,19H2,1H3,(H,41,42)(H,43,45)(H,44,46)/t24-,30+,32?/m1/s1. The molecular formula is C35H33F3N6O4. The Hall–Kier alpha value is -5.27. The monoisotopic (exact) mass is 658 g/mol. The van der Waals surface area contributed by atoms with E-state index in [-0.39, 0.29) is 29.8 Å². The summed E-state index contributed by atoms with van der Waals surface area (Å²) in [4.78, 5) is 38.3. The molecule has 4 N–H and O–H groups in total. The number of alkyl carbamates (subject to hydrolysis) is 1. The van der Waals surface area contributed by atoms with Crippen molar-refractivity contribution in [2.75, 3.05) is 25.6 Å². The van der Waals surface area contributed by atoms with Crippen LogP contribution < -0.4 is 16.0 Å². The Morgan fingerprint density at radius 3 is 2.29 bits per heavy atom. The lowest BCUT2D eigenvalue weighted by atomic mass is 9.84. The van der Waals surface area contributed by atoms with E-state index in [9.17, 15) is 18.4 Å². The summed E-state index contributed by atoms with van der Waals surface area (Å²) < 4.78 is 53.9. The predicted molar refractivity (Wildman–Crippen MR) is 172 cm³/mol. The molecule has 3 heterocycles. The molecule has 1 aliphatic heterocycles. The van der Waals surface area contributed by atoms with Crippen molar-refractivity contribution in [1.29, 1.82) is 0 Å². The maximum Gasteiger partial charge on any atom is 0.407 e. The van der Waals surface area contributed by atoms with Crippen LogP contribution in [-0.4, -0.2) is 59.4 Å². The van der Waals surface area contributed by atoms with Gasteiger partial charge in [0, 0.05) is 18.0 Å². The zero-order valence-electron chi connectivity index (χ0n) is 25.9. The minimum absolute atomic E-state index is 0.109. The van der Waals surface area contributed by atoms with Crippen molar-refractivity contribution >= 4 is 28.7 Å². The van der Waals surface area contributed by atoms with Crippen molar-refractivity contribution in [3.8, 4) is 0 Å². The lowest BCUT2D eigenvalue weighted by molar-refractivity contribution is -0.118. The first-order valence-corrected chi connectivity index (χ1v) is 15.4. The fourth-order valence-corrected chi connectivity index (χ4v) is 5.87. The first-order valence-electron chi connectivity index (χ1n) is 15.4. The Morgan fingerprint density at radius 1 is 0.979 bits per heavy atom. The quantitative estimate of drug-likeness (QED) is 0.155. The number of fused-ring (bicyclic) bond motifs is 1. The van der Waals surface area contributed by atoms with Gasteiger partial charge >= 0.3 is 6.09 Å². The molecule has 5 aromatic rings. The van der Waals surface area contributed by atoms with Gasteiger partial charge in [0.05, 0.1) is 55.0 Å². The van der Waals surface area contributed by atoms with Gasteiger partial charge in [-0.15, -0.1) is 0 Å². The highest BCUT2D eigenvalue weighted by atomic mass is 19.1. The van der Waals surface area contributed by atoms with Crippen LogP contribution in [0.1, 0.15) is 40.9 Å². The van der Waals surface area contributed by atoms with Gasteiger partial charge in [0.1, 0.15) is 29.3 Å². The summed E-state index contributed by atoms with van der Waals surface area (Å²) in [6.45, 7) is 0.861. The second kappa shape index (κ2) is 14.7. The number of aromatic nitrogens is 3. The van der Waals surface area contributed by atoms with Crippen LogP contribution in [0.2, 0.25) is 0 Å². The van der Waals surface area contributed by atoms with Crippen LogP contribution in [0.5, 0.6) is 0 Å². The lowest BCUT2D eigenvalue weighted by Crippen LogP contribution is -2.48. The average molecular weight is 659 g/mol. The maximum atomic E-state index is 15.2.